The van der Waals surface area contributed by atoms with Gasteiger partial charge in [0.25, 0.3) is 0 Å². The van der Waals surface area contributed by atoms with Gasteiger partial charge in [-0.1, -0.05) is 0 Å². The Kier molecular flexibility index (Phi) is 8.77. The Morgan fingerprint density at radius 1 is 0.721 bits per heavy atom. The molecule has 16 nitrogen and oxygen atoms in total. The molecule has 2 aliphatic rings. The Balaban J connectivity index is 1.53. The topological polar surface area (TPSA) is 269 Å². The van der Waals surface area contributed by atoms with Crippen LogP contribution < -0.4 is 10.2 Å². The molecular weight excluding hydrogens is 580 g/mol. The van der Waals surface area contributed by atoms with Crippen LogP contribution in [0.2, 0.25) is 0 Å². The second kappa shape index (κ2) is 12.2. The first-order valence-corrected chi connectivity index (χ1v) is 13.0. The third-order valence-electron chi connectivity index (χ3n) is 7.24. The maximum Gasteiger partial charge on any atom is 0.239 e. The average Bonchev–Trinajstić information content (AvgIpc) is 2.97. The van der Waals surface area contributed by atoms with Crippen LogP contribution in [0.15, 0.2) is 45.6 Å². The van der Waals surface area contributed by atoms with Crippen molar-refractivity contribution in [1.82, 2.24) is 0 Å². The summed E-state index contributed by atoms with van der Waals surface area (Å²) in [6.07, 6.45) is -17.6. The molecular formula is C27H30O16. The molecule has 2 saturated heterocycles. The van der Waals surface area contributed by atoms with Gasteiger partial charge in [-0.25, -0.2) is 0 Å². The minimum Gasteiger partial charge on any atom is -0.508 e. The van der Waals surface area contributed by atoms with Crippen LogP contribution in [0.25, 0.3) is 22.3 Å². The number of phenols is 3. The zero-order chi connectivity index (χ0) is 31.2. The molecule has 0 bridgehead atoms. The Hall–Kier alpha value is -3.55. The monoisotopic (exact) mass is 610 g/mol. The second-order valence-corrected chi connectivity index (χ2v) is 10.1. The largest absolute Gasteiger partial charge is 0.508 e. The molecule has 3 aromatic rings. The van der Waals surface area contributed by atoms with Crippen molar-refractivity contribution >= 4 is 11.0 Å². The molecule has 0 saturated carbocycles. The molecule has 0 unspecified atom stereocenters. The van der Waals surface area contributed by atoms with E-state index in [4.69, 9.17) is 23.4 Å². The standard InChI is InChI=1S/C27H30O16/c28-7-14-17(33)20(36)21(37)26(40-14)42-24-18(34)15(8-29)41-27(22(24)38)43-25-19(35)16-12(32)5-11(31)6-13(16)39-23(25)9-1-3-10(30)4-2-9/h1-6,14-15,17-18,20-22,24,26-34,36-38H,7-8H2/t14-,15-,17-,18-,20+,21-,22-,24+,26+,27+/m1/s1. The van der Waals surface area contributed by atoms with Crippen LogP contribution in [0, 0.1) is 0 Å². The van der Waals surface area contributed by atoms with Gasteiger partial charge >= 0.3 is 0 Å². The van der Waals surface area contributed by atoms with Crippen molar-refractivity contribution in [3.8, 4) is 34.3 Å². The lowest BCUT2D eigenvalue weighted by Crippen LogP contribution is -2.65. The molecule has 2 fully saturated rings. The second-order valence-electron chi connectivity index (χ2n) is 10.1. The molecule has 43 heavy (non-hydrogen) atoms. The summed E-state index contributed by atoms with van der Waals surface area (Å²) in [5.74, 6) is -2.11. The summed E-state index contributed by atoms with van der Waals surface area (Å²) in [5, 5.41) is 101. The van der Waals surface area contributed by atoms with Crippen LogP contribution in [0.1, 0.15) is 0 Å². The molecule has 3 heterocycles. The van der Waals surface area contributed by atoms with E-state index in [-0.39, 0.29) is 22.7 Å². The Labute approximate surface area is 241 Å². The fourth-order valence-electron chi connectivity index (χ4n) is 4.94. The maximum absolute atomic E-state index is 13.6. The molecule has 16 heteroatoms. The predicted octanol–water partition coefficient (Wildman–Crippen LogP) is -2.42. The van der Waals surface area contributed by atoms with E-state index in [0.29, 0.717) is 0 Å². The number of benzene rings is 2. The number of ether oxygens (including phenoxy) is 4. The van der Waals surface area contributed by atoms with E-state index in [2.05, 4.69) is 0 Å². The SMILES string of the molecule is O=c1c(O[C@@H]2O[C@H](CO)[C@@H](O)[C@H](O[C@@H]3O[C@H](CO)[C@@H](O)[C@H](O)[C@H]3O)[C@H]2O)c(-c2ccc(O)cc2)oc2cc(O)cc(O)c12. The van der Waals surface area contributed by atoms with Crippen molar-refractivity contribution in [3.63, 3.8) is 0 Å². The van der Waals surface area contributed by atoms with Crippen LogP contribution in [0.5, 0.6) is 23.0 Å². The highest BCUT2D eigenvalue weighted by atomic mass is 16.7. The lowest BCUT2D eigenvalue weighted by atomic mass is 9.97. The van der Waals surface area contributed by atoms with Gasteiger partial charge in [-0.05, 0) is 24.3 Å². The van der Waals surface area contributed by atoms with Crippen molar-refractivity contribution in [2.75, 3.05) is 13.2 Å². The highest BCUT2D eigenvalue weighted by Gasteiger charge is 2.51. The number of aromatic hydroxyl groups is 3. The van der Waals surface area contributed by atoms with Gasteiger partial charge in [0.05, 0.1) is 13.2 Å². The Bertz CT molecular complexity index is 1490. The fourth-order valence-corrected chi connectivity index (χ4v) is 4.94. The van der Waals surface area contributed by atoms with Crippen molar-refractivity contribution in [1.29, 1.82) is 0 Å². The van der Waals surface area contributed by atoms with E-state index in [1.807, 2.05) is 0 Å². The Morgan fingerprint density at radius 3 is 2.00 bits per heavy atom. The molecule has 5 rings (SSSR count). The number of hydrogen-bond acceptors (Lipinski definition) is 16. The summed E-state index contributed by atoms with van der Waals surface area (Å²) >= 11 is 0. The smallest absolute Gasteiger partial charge is 0.239 e. The quantitative estimate of drug-likeness (QED) is 0.133. The van der Waals surface area contributed by atoms with Gasteiger partial charge in [-0.3, -0.25) is 4.79 Å². The summed E-state index contributed by atoms with van der Waals surface area (Å²) in [5.41, 5.74) is -1.04. The predicted molar refractivity (Wildman–Crippen MR) is 140 cm³/mol. The molecule has 234 valence electrons. The van der Waals surface area contributed by atoms with E-state index in [0.717, 1.165) is 12.1 Å². The van der Waals surface area contributed by atoms with E-state index in [1.54, 1.807) is 0 Å². The van der Waals surface area contributed by atoms with Gasteiger partial charge < -0.3 is 74.4 Å². The van der Waals surface area contributed by atoms with Crippen LogP contribution >= 0.6 is 0 Å². The number of aliphatic hydroxyl groups is 7. The van der Waals surface area contributed by atoms with Gasteiger partial charge in [0, 0.05) is 17.7 Å². The average molecular weight is 611 g/mol. The van der Waals surface area contributed by atoms with Gasteiger partial charge in [0.15, 0.2) is 12.1 Å². The van der Waals surface area contributed by atoms with E-state index >= 15 is 0 Å². The lowest BCUT2D eigenvalue weighted by molar-refractivity contribution is -0.352. The van der Waals surface area contributed by atoms with Gasteiger partial charge in [-0.15, -0.1) is 0 Å². The molecule has 10 atom stereocenters. The molecule has 0 amide bonds. The fraction of sp³-hybridized carbons (Fsp3) is 0.444. The summed E-state index contributed by atoms with van der Waals surface area (Å²) in [6.45, 7) is -1.63. The number of fused-ring (bicyclic) bond motifs is 1. The van der Waals surface area contributed by atoms with Crippen LogP contribution in [0.4, 0.5) is 0 Å². The van der Waals surface area contributed by atoms with Gasteiger partial charge in [0.2, 0.25) is 17.5 Å². The highest BCUT2D eigenvalue weighted by molar-refractivity contribution is 5.88. The minimum atomic E-state index is -1.98. The summed E-state index contributed by atoms with van der Waals surface area (Å²) in [7, 11) is 0. The molecule has 0 spiro atoms. The maximum atomic E-state index is 13.6. The number of phenolic OH excluding ortho intramolecular Hbond substituents is 3. The van der Waals surface area contributed by atoms with Crippen molar-refractivity contribution in [2.45, 2.75) is 61.4 Å². The lowest BCUT2D eigenvalue weighted by Gasteiger charge is -2.45. The van der Waals surface area contributed by atoms with E-state index in [9.17, 15) is 55.9 Å². The minimum absolute atomic E-state index is 0.122. The van der Waals surface area contributed by atoms with Gasteiger partial charge in [-0.2, -0.15) is 0 Å². The number of aliphatic hydroxyl groups excluding tert-OH is 7. The first kappa shape index (κ1) is 30.9. The Morgan fingerprint density at radius 2 is 1.35 bits per heavy atom. The van der Waals surface area contributed by atoms with Crippen LogP contribution in [0.3, 0.4) is 0 Å². The zero-order valence-corrected chi connectivity index (χ0v) is 22.1. The number of hydrogen-bond donors (Lipinski definition) is 10. The molecule has 1 aromatic heterocycles. The van der Waals surface area contributed by atoms with Gasteiger partial charge in [0.1, 0.15) is 77.0 Å². The summed E-state index contributed by atoms with van der Waals surface area (Å²) in [6, 6.07) is 7.22. The third-order valence-corrected chi connectivity index (χ3v) is 7.24. The van der Waals surface area contributed by atoms with Crippen molar-refractivity contribution in [3.05, 3.63) is 46.6 Å². The number of rotatable bonds is 7. The summed E-state index contributed by atoms with van der Waals surface area (Å²) < 4.78 is 27.9. The molecule has 2 aliphatic heterocycles. The van der Waals surface area contributed by atoms with Crippen molar-refractivity contribution < 1.29 is 74.4 Å². The highest BCUT2D eigenvalue weighted by Crippen LogP contribution is 2.38. The molecule has 10 N–H and O–H groups in total. The molecule has 0 radical (unpaired) electrons. The van der Waals surface area contributed by atoms with E-state index < -0.39 is 103 Å². The zero-order valence-electron chi connectivity index (χ0n) is 22.1. The van der Waals surface area contributed by atoms with Crippen LogP contribution in [-0.4, -0.2) is 126 Å². The third kappa shape index (κ3) is 5.73. The summed E-state index contributed by atoms with van der Waals surface area (Å²) in [4.78, 5) is 13.6. The first-order valence-electron chi connectivity index (χ1n) is 13.0. The first-order chi connectivity index (χ1) is 20.4. The van der Waals surface area contributed by atoms with Crippen LogP contribution in [-0.2, 0) is 14.2 Å². The van der Waals surface area contributed by atoms with E-state index in [1.165, 1.54) is 24.3 Å². The molecule has 2 aromatic carbocycles. The van der Waals surface area contributed by atoms with Crippen molar-refractivity contribution in [2.24, 2.45) is 0 Å². The normalized spacial score (nSPS) is 33.0. The molecule has 0 aliphatic carbocycles.